The lowest BCUT2D eigenvalue weighted by Gasteiger charge is -2.25. The van der Waals surface area contributed by atoms with Gasteiger partial charge in [0, 0.05) is 12.8 Å². The van der Waals surface area contributed by atoms with Gasteiger partial charge >= 0.3 is 17.9 Å². The summed E-state index contributed by atoms with van der Waals surface area (Å²) in [6, 6.07) is 0. The summed E-state index contributed by atoms with van der Waals surface area (Å²) in [5.74, 6) is -2.06. The van der Waals surface area contributed by atoms with Crippen molar-refractivity contribution in [2.45, 2.75) is 148 Å². The molecular formula is C43H74NO8+. The fraction of sp³-hybridized carbons (Fsp3) is 0.698. The van der Waals surface area contributed by atoms with Gasteiger partial charge in [-0.25, -0.2) is 4.79 Å². The smallest absolute Gasteiger partial charge is 0.361 e. The Morgan fingerprint density at radius 2 is 1.10 bits per heavy atom. The molecule has 298 valence electrons. The molecule has 52 heavy (non-hydrogen) atoms. The third kappa shape index (κ3) is 35.4. The molecule has 0 spiro atoms. The van der Waals surface area contributed by atoms with E-state index in [1.54, 1.807) is 0 Å². The number of carboxylic acids is 1. The topological polar surface area (TPSA) is 108 Å². The Labute approximate surface area is 316 Å². The average Bonchev–Trinajstić information content (AvgIpc) is 3.10. The molecule has 1 N–H and O–H groups in total. The highest BCUT2D eigenvalue weighted by atomic mass is 16.7. The van der Waals surface area contributed by atoms with Gasteiger partial charge in [-0.1, -0.05) is 126 Å². The fourth-order valence-electron chi connectivity index (χ4n) is 4.92. The van der Waals surface area contributed by atoms with Gasteiger partial charge in [0.25, 0.3) is 6.29 Å². The van der Waals surface area contributed by atoms with E-state index in [0.717, 1.165) is 89.9 Å². The largest absolute Gasteiger partial charge is 0.477 e. The third-order valence-corrected chi connectivity index (χ3v) is 8.04. The molecule has 2 atom stereocenters. The van der Waals surface area contributed by atoms with Crippen molar-refractivity contribution >= 4 is 17.9 Å². The molecule has 0 fully saturated rings. The van der Waals surface area contributed by atoms with Gasteiger partial charge < -0.3 is 28.5 Å². The van der Waals surface area contributed by atoms with Crippen LogP contribution in [0.5, 0.6) is 0 Å². The van der Waals surface area contributed by atoms with Crippen LogP contribution in [0.1, 0.15) is 136 Å². The number of carbonyl (C=O) groups is 3. The molecule has 0 aliphatic rings. The number of hydrogen-bond donors (Lipinski definition) is 1. The molecule has 9 heteroatoms. The van der Waals surface area contributed by atoms with Crippen LogP contribution in [0, 0.1) is 0 Å². The van der Waals surface area contributed by atoms with E-state index >= 15 is 0 Å². The van der Waals surface area contributed by atoms with Gasteiger partial charge in [-0.05, 0) is 57.8 Å². The Balaban J connectivity index is 4.42. The van der Waals surface area contributed by atoms with E-state index < -0.39 is 24.3 Å². The first-order valence-electron chi connectivity index (χ1n) is 20.0. The van der Waals surface area contributed by atoms with Gasteiger partial charge in [0.15, 0.2) is 6.10 Å². The first-order chi connectivity index (χ1) is 25.1. The highest BCUT2D eigenvalue weighted by molar-refractivity contribution is 5.71. The summed E-state index contributed by atoms with van der Waals surface area (Å²) >= 11 is 0. The Morgan fingerprint density at radius 3 is 1.63 bits per heavy atom. The predicted molar refractivity (Wildman–Crippen MR) is 212 cm³/mol. The standard InChI is InChI=1S/C43H73NO8/c1-6-8-10-12-14-15-16-17-18-19-20-21-22-23-24-25-26-27-28-30-32-34-41(46)52-39(37-50-40(45)33-31-29-13-11-9-7-2)38-51-43(42(47)48)49-36-35-44(3,4)5/h8,10,14-15,17-18,20-21,23-24,39,43H,6-7,9,11-13,16,19,22,25-38H2,1-5H3/p+1/b10-8-,15-14-,18-17-,21-20-,24-23-. The van der Waals surface area contributed by atoms with Crippen LogP contribution in [-0.2, 0) is 33.3 Å². The number of nitrogens with zero attached hydrogens (tertiary/aromatic N) is 1. The number of carboxylic acid groups (broad SMARTS) is 1. The number of quaternary nitrogens is 1. The number of esters is 2. The SMILES string of the molecule is CC/C=C\C/C=C\C/C=C\C/C=C\C/C=C\CCCCCCCC(=O)OC(COC(=O)CCCCCCCC)COC(OCC[N+](C)(C)C)C(=O)O. The number of ether oxygens (including phenoxy) is 4. The van der Waals surface area contributed by atoms with E-state index in [-0.39, 0.29) is 32.2 Å². The zero-order valence-electron chi connectivity index (χ0n) is 33.4. The first kappa shape index (κ1) is 49.0. The van der Waals surface area contributed by atoms with Crippen LogP contribution in [0.15, 0.2) is 60.8 Å². The summed E-state index contributed by atoms with van der Waals surface area (Å²) in [5, 5.41) is 9.57. The van der Waals surface area contributed by atoms with Crippen molar-refractivity contribution in [2.75, 3.05) is 47.5 Å². The van der Waals surface area contributed by atoms with Gasteiger partial charge in [-0.2, -0.15) is 0 Å². The van der Waals surface area contributed by atoms with E-state index in [9.17, 15) is 19.5 Å². The molecule has 0 aromatic heterocycles. The van der Waals surface area contributed by atoms with Crippen LogP contribution in [0.4, 0.5) is 0 Å². The van der Waals surface area contributed by atoms with Crippen LogP contribution < -0.4 is 0 Å². The van der Waals surface area contributed by atoms with Gasteiger partial charge in [-0.3, -0.25) is 9.59 Å². The van der Waals surface area contributed by atoms with Crippen molar-refractivity contribution < 1.29 is 42.9 Å². The molecule has 0 amide bonds. The molecule has 0 aliphatic carbocycles. The van der Waals surface area contributed by atoms with Crippen LogP contribution >= 0.6 is 0 Å². The molecule has 0 saturated carbocycles. The number of hydrogen-bond acceptors (Lipinski definition) is 7. The lowest BCUT2D eigenvalue weighted by molar-refractivity contribution is -0.870. The van der Waals surface area contributed by atoms with E-state index in [1.165, 1.54) is 12.8 Å². The van der Waals surface area contributed by atoms with Crippen molar-refractivity contribution in [3.05, 3.63) is 60.8 Å². The van der Waals surface area contributed by atoms with Crippen LogP contribution in [0.2, 0.25) is 0 Å². The Morgan fingerprint density at radius 1 is 0.596 bits per heavy atom. The number of allylic oxidation sites excluding steroid dienone is 10. The van der Waals surface area contributed by atoms with E-state index in [2.05, 4.69) is 74.6 Å². The van der Waals surface area contributed by atoms with E-state index in [4.69, 9.17) is 18.9 Å². The predicted octanol–water partition coefficient (Wildman–Crippen LogP) is 9.82. The van der Waals surface area contributed by atoms with Crippen molar-refractivity contribution in [1.29, 1.82) is 0 Å². The lowest BCUT2D eigenvalue weighted by atomic mass is 10.1. The molecule has 9 nitrogen and oxygen atoms in total. The minimum absolute atomic E-state index is 0.181. The molecule has 0 saturated heterocycles. The number of unbranched alkanes of at least 4 members (excludes halogenated alkanes) is 10. The minimum atomic E-state index is -1.51. The summed E-state index contributed by atoms with van der Waals surface area (Å²) in [4.78, 5) is 36.7. The van der Waals surface area contributed by atoms with Gasteiger partial charge in [0.1, 0.15) is 13.2 Å². The summed E-state index contributed by atoms with van der Waals surface area (Å²) < 4.78 is 22.5. The molecule has 0 aliphatic heterocycles. The minimum Gasteiger partial charge on any atom is -0.477 e. The summed E-state index contributed by atoms with van der Waals surface area (Å²) in [5.41, 5.74) is 0. The summed E-state index contributed by atoms with van der Waals surface area (Å²) in [7, 11) is 5.92. The maximum Gasteiger partial charge on any atom is 0.361 e. The molecule has 0 aromatic rings. The average molecular weight is 733 g/mol. The summed E-state index contributed by atoms with van der Waals surface area (Å²) in [6.07, 6.45) is 37.4. The number of rotatable bonds is 35. The van der Waals surface area contributed by atoms with Crippen LogP contribution in [0.25, 0.3) is 0 Å². The molecule has 0 heterocycles. The number of aliphatic carboxylic acids is 1. The van der Waals surface area contributed by atoms with Crippen molar-refractivity contribution in [3.8, 4) is 0 Å². The van der Waals surface area contributed by atoms with Crippen molar-refractivity contribution in [3.63, 3.8) is 0 Å². The van der Waals surface area contributed by atoms with Gasteiger partial charge in [0.2, 0.25) is 0 Å². The molecule has 0 rings (SSSR count). The van der Waals surface area contributed by atoms with Gasteiger partial charge in [0.05, 0.1) is 34.4 Å². The first-order valence-corrected chi connectivity index (χ1v) is 20.0. The van der Waals surface area contributed by atoms with Crippen LogP contribution in [0.3, 0.4) is 0 Å². The second-order valence-corrected chi connectivity index (χ2v) is 14.2. The van der Waals surface area contributed by atoms with Crippen molar-refractivity contribution in [2.24, 2.45) is 0 Å². The van der Waals surface area contributed by atoms with E-state index in [0.29, 0.717) is 23.9 Å². The zero-order valence-corrected chi connectivity index (χ0v) is 33.4. The van der Waals surface area contributed by atoms with Crippen molar-refractivity contribution in [1.82, 2.24) is 0 Å². The highest BCUT2D eigenvalue weighted by Crippen LogP contribution is 2.12. The second-order valence-electron chi connectivity index (χ2n) is 14.2. The molecule has 2 unspecified atom stereocenters. The Kier molecular flexibility index (Phi) is 33.0. The second kappa shape index (κ2) is 35.0. The molecule has 0 aromatic carbocycles. The quantitative estimate of drug-likeness (QED) is 0.0226. The number of likely N-dealkylation sites (N-methyl/N-ethyl adjacent to an activating group) is 1. The number of carbonyl (C=O) groups excluding carboxylic acids is 2. The molecule has 0 radical (unpaired) electrons. The summed E-state index contributed by atoms with van der Waals surface area (Å²) in [6.45, 7) is 4.63. The van der Waals surface area contributed by atoms with Crippen LogP contribution in [-0.4, -0.2) is 87.4 Å². The Bertz CT molecular complexity index is 1040. The van der Waals surface area contributed by atoms with Gasteiger partial charge in [-0.15, -0.1) is 0 Å². The molecule has 0 bridgehead atoms. The maximum absolute atomic E-state index is 12.7. The zero-order chi connectivity index (χ0) is 38.5. The Hall–Kier alpha value is -3.01. The monoisotopic (exact) mass is 733 g/mol. The molecular weight excluding hydrogens is 658 g/mol. The lowest BCUT2D eigenvalue weighted by Crippen LogP contribution is -2.40. The normalized spacial score (nSPS) is 13.6. The van der Waals surface area contributed by atoms with E-state index in [1.807, 2.05) is 21.1 Å². The highest BCUT2D eigenvalue weighted by Gasteiger charge is 2.25. The third-order valence-electron chi connectivity index (χ3n) is 8.04. The fourth-order valence-corrected chi connectivity index (χ4v) is 4.92. The maximum atomic E-state index is 12.7.